The van der Waals surface area contributed by atoms with Crippen LogP contribution in [0.2, 0.25) is 0 Å². The molecule has 0 aliphatic carbocycles. The van der Waals surface area contributed by atoms with Gasteiger partial charge in [-0.1, -0.05) is 0 Å². The molecule has 3 aromatic rings. The molecular formula is C23H21F3N2O5S. The van der Waals surface area contributed by atoms with Gasteiger partial charge in [0.2, 0.25) is 0 Å². The van der Waals surface area contributed by atoms with Crippen LogP contribution in [0.3, 0.4) is 0 Å². The van der Waals surface area contributed by atoms with Gasteiger partial charge in [0.1, 0.15) is 11.5 Å². The van der Waals surface area contributed by atoms with Crippen molar-refractivity contribution in [1.29, 1.82) is 0 Å². The average molecular weight is 494 g/mol. The Morgan fingerprint density at radius 1 is 0.941 bits per heavy atom. The van der Waals surface area contributed by atoms with E-state index in [0.717, 1.165) is 6.07 Å². The van der Waals surface area contributed by atoms with Crippen LogP contribution in [0.1, 0.15) is 12.5 Å². The second kappa shape index (κ2) is 10.5. The smallest absolute Gasteiger partial charge is 0.262 e. The summed E-state index contributed by atoms with van der Waals surface area (Å²) in [6, 6.07) is 12.0. The van der Waals surface area contributed by atoms with Crippen molar-refractivity contribution in [2.24, 2.45) is 0 Å². The van der Waals surface area contributed by atoms with Crippen LogP contribution in [0.15, 0.2) is 59.5 Å². The SMILES string of the molecule is CCOc1ccc(NS(=O)(=O)c2ccc(OCC(=O)Nc3ccc(F)c(F)c3F)c(C)c2)cc1. The van der Waals surface area contributed by atoms with E-state index in [-0.39, 0.29) is 10.6 Å². The van der Waals surface area contributed by atoms with Gasteiger partial charge in [0.15, 0.2) is 24.1 Å². The Bertz CT molecular complexity index is 1300. The molecule has 0 fully saturated rings. The van der Waals surface area contributed by atoms with Crippen LogP contribution in [0.4, 0.5) is 24.5 Å². The first-order chi connectivity index (χ1) is 16.1. The molecule has 7 nitrogen and oxygen atoms in total. The summed E-state index contributed by atoms with van der Waals surface area (Å²) in [5.74, 6) is -4.61. The molecular weight excluding hydrogens is 473 g/mol. The zero-order chi connectivity index (χ0) is 24.9. The topological polar surface area (TPSA) is 93.7 Å². The number of halogens is 3. The Kier molecular flexibility index (Phi) is 7.67. The van der Waals surface area contributed by atoms with E-state index in [4.69, 9.17) is 9.47 Å². The molecule has 0 aliphatic heterocycles. The van der Waals surface area contributed by atoms with Crippen LogP contribution >= 0.6 is 0 Å². The summed E-state index contributed by atoms with van der Waals surface area (Å²) in [5, 5.41) is 2.08. The molecule has 0 atom stereocenters. The molecule has 0 saturated carbocycles. The van der Waals surface area contributed by atoms with Crippen molar-refractivity contribution in [3.8, 4) is 11.5 Å². The molecule has 3 rings (SSSR count). The minimum atomic E-state index is -3.90. The number of rotatable bonds is 9. The van der Waals surface area contributed by atoms with Gasteiger partial charge < -0.3 is 14.8 Å². The Balaban J connectivity index is 1.64. The maximum Gasteiger partial charge on any atom is 0.262 e. The summed E-state index contributed by atoms with van der Waals surface area (Å²) in [6.45, 7) is 3.33. The minimum Gasteiger partial charge on any atom is -0.494 e. The highest BCUT2D eigenvalue weighted by atomic mass is 32.2. The minimum absolute atomic E-state index is 0.0282. The molecule has 0 spiro atoms. The number of nitrogens with one attached hydrogen (secondary N) is 2. The molecule has 180 valence electrons. The molecule has 1 amide bonds. The number of sulfonamides is 1. The quantitative estimate of drug-likeness (QED) is 0.423. The van der Waals surface area contributed by atoms with Gasteiger partial charge >= 0.3 is 0 Å². The molecule has 0 aliphatic rings. The summed E-state index contributed by atoms with van der Waals surface area (Å²) in [7, 11) is -3.90. The fraction of sp³-hybridized carbons (Fsp3) is 0.174. The van der Waals surface area contributed by atoms with Crippen LogP contribution in [-0.2, 0) is 14.8 Å². The maximum absolute atomic E-state index is 13.7. The first kappa shape index (κ1) is 24.9. The zero-order valence-corrected chi connectivity index (χ0v) is 19.0. The lowest BCUT2D eigenvalue weighted by atomic mass is 10.2. The average Bonchev–Trinajstić information content (AvgIpc) is 2.80. The standard InChI is InChI=1S/C23H21F3N2O5S/c1-3-32-16-6-4-15(5-7-16)28-34(30,31)17-8-11-20(14(2)12-17)33-13-21(29)27-19-10-9-18(24)22(25)23(19)26/h4-12,28H,3,13H2,1-2H3,(H,27,29). The Labute approximate surface area is 194 Å². The summed E-state index contributed by atoms with van der Waals surface area (Å²) in [5.41, 5.74) is 0.231. The largest absolute Gasteiger partial charge is 0.494 e. The van der Waals surface area contributed by atoms with Crippen molar-refractivity contribution in [2.45, 2.75) is 18.7 Å². The highest BCUT2D eigenvalue weighted by Crippen LogP contribution is 2.25. The predicted molar refractivity (Wildman–Crippen MR) is 120 cm³/mol. The monoisotopic (exact) mass is 494 g/mol. The number of hydrogen-bond acceptors (Lipinski definition) is 5. The summed E-state index contributed by atoms with van der Waals surface area (Å²) >= 11 is 0. The highest BCUT2D eigenvalue weighted by molar-refractivity contribution is 7.92. The molecule has 0 heterocycles. The van der Waals surface area contributed by atoms with Crippen LogP contribution in [0.5, 0.6) is 11.5 Å². The number of carbonyl (C=O) groups excluding carboxylic acids is 1. The highest BCUT2D eigenvalue weighted by Gasteiger charge is 2.18. The Morgan fingerprint density at radius 2 is 1.65 bits per heavy atom. The molecule has 0 bridgehead atoms. The number of benzene rings is 3. The molecule has 0 saturated heterocycles. The summed E-state index contributed by atoms with van der Waals surface area (Å²) < 4.78 is 78.5. The van der Waals surface area contributed by atoms with Crippen molar-refractivity contribution in [3.63, 3.8) is 0 Å². The molecule has 0 radical (unpaired) electrons. The van der Waals surface area contributed by atoms with E-state index < -0.39 is 45.7 Å². The first-order valence-corrected chi connectivity index (χ1v) is 11.5. The Hall–Kier alpha value is -3.73. The van der Waals surface area contributed by atoms with Gasteiger partial charge in [0.25, 0.3) is 15.9 Å². The van der Waals surface area contributed by atoms with Gasteiger partial charge in [-0.3, -0.25) is 9.52 Å². The van der Waals surface area contributed by atoms with E-state index in [1.54, 1.807) is 31.2 Å². The van der Waals surface area contributed by atoms with E-state index in [2.05, 4.69) is 10.0 Å². The molecule has 0 unspecified atom stereocenters. The summed E-state index contributed by atoms with van der Waals surface area (Å²) in [6.07, 6.45) is 0. The number of aryl methyl sites for hydroxylation is 1. The Morgan fingerprint density at radius 3 is 2.29 bits per heavy atom. The first-order valence-electron chi connectivity index (χ1n) is 10.0. The van der Waals surface area contributed by atoms with Crippen LogP contribution < -0.4 is 19.5 Å². The van der Waals surface area contributed by atoms with Crippen LogP contribution in [-0.4, -0.2) is 27.5 Å². The normalized spacial score (nSPS) is 11.1. The lowest BCUT2D eigenvalue weighted by Gasteiger charge is -2.13. The van der Waals surface area contributed by atoms with Crippen molar-refractivity contribution in [1.82, 2.24) is 0 Å². The van der Waals surface area contributed by atoms with Crippen molar-refractivity contribution >= 4 is 27.3 Å². The third-order valence-electron chi connectivity index (χ3n) is 4.54. The van der Waals surface area contributed by atoms with Gasteiger partial charge in [-0.15, -0.1) is 0 Å². The van der Waals surface area contributed by atoms with E-state index in [1.165, 1.54) is 18.2 Å². The van der Waals surface area contributed by atoms with Crippen LogP contribution in [0, 0.1) is 24.4 Å². The van der Waals surface area contributed by atoms with Gasteiger partial charge in [-0.25, -0.2) is 21.6 Å². The van der Waals surface area contributed by atoms with E-state index in [0.29, 0.717) is 29.7 Å². The maximum atomic E-state index is 13.7. The van der Waals surface area contributed by atoms with Gasteiger partial charge in [0, 0.05) is 5.69 Å². The van der Waals surface area contributed by atoms with Gasteiger partial charge in [-0.2, -0.15) is 0 Å². The molecule has 0 aromatic heterocycles. The van der Waals surface area contributed by atoms with E-state index >= 15 is 0 Å². The lowest BCUT2D eigenvalue weighted by molar-refractivity contribution is -0.118. The van der Waals surface area contributed by atoms with Crippen LogP contribution in [0.25, 0.3) is 0 Å². The number of amides is 1. The predicted octanol–water partition coefficient (Wildman–Crippen LogP) is 4.63. The molecule has 2 N–H and O–H groups in total. The fourth-order valence-corrected chi connectivity index (χ4v) is 4.05. The third-order valence-corrected chi connectivity index (χ3v) is 5.92. The number of hydrogen-bond donors (Lipinski definition) is 2. The van der Waals surface area contributed by atoms with Crippen molar-refractivity contribution < 1.29 is 35.9 Å². The van der Waals surface area contributed by atoms with E-state index in [1.807, 2.05) is 6.92 Å². The molecule has 11 heteroatoms. The second-order valence-electron chi connectivity index (χ2n) is 7.05. The van der Waals surface area contributed by atoms with E-state index in [9.17, 15) is 26.4 Å². The number of carbonyl (C=O) groups is 1. The third kappa shape index (κ3) is 5.98. The van der Waals surface area contributed by atoms with Crippen molar-refractivity contribution in [3.05, 3.63) is 77.6 Å². The fourth-order valence-electron chi connectivity index (χ4n) is 2.90. The summed E-state index contributed by atoms with van der Waals surface area (Å²) in [4.78, 5) is 12.0. The number of anilines is 2. The number of ether oxygens (including phenoxy) is 2. The second-order valence-corrected chi connectivity index (χ2v) is 8.73. The van der Waals surface area contributed by atoms with Crippen molar-refractivity contribution in [2.75, 3.05) is 23.3 Å². The lowest BCUT2D eigenvalue weighted by Crippen LogP contribution is -2.21. The van der Waals surface area contributed by atoms with Gasteiger partial charge in [0.05, 0.1) is 17.2 Å². The zero-order valence-electron chi connectivity index (χ0n) is 18.2. The molecule has 34 heavy (non-hydrogen) atoms. The molecule has 3 aromatic carbocycles. The van der Waals surface area contributed by atoms with Gasteiger partial charge in [-0.05, 0) is 74.0 Å².